The van der Waals surface area contributed by atoms with Crippen LogP contribution in [-0.2, 0) is 11.2 Å². The van der Waals surface area contributed by atoms with Gasteiger partial charge in [0.15, 0.2) is 0 Å². The number of aromatic nitrogens is 3. The number of hydrogen-bond donors (Lipinski definition) is 0. The summed E-state index contributed by atoms with van der Waals surface area (Å²) in [5.41, 5.74) is 1.06. The SMILES string of the molecule is CC(C)(C)C1(C(Cc2ccc(Cl)cc2)n2cncn2)CO1. The Morgan fingerprint density at radius 2 is 2.00 bits per heavy atom. The topological polar surface area (TPSA) is 43.2 Å². The summed E-state index contributed by atoms with van der Waals surface area (Å²) < 4.78 is 7.85. The van der Waals surface area contributed by atoms with Gasteiger partial charge in [-0.1, -0.05) is 44.5 Å². The van der Waals surface area contributed by atoms with Gasteiger partial charge in [0.1, 0.15) is 18.3 Å². The van der Waals surface area contributed by atoms with Crippen LogP contribution in [0.3, 0.4) is 0 Å². The molecule has 1 fully saturated rings. The Morgan fingerprint density at radius 1 is 1.33 bits per heavy atom. The summed E-state index contributed by atoms with van der Waals surface area (Å²) in [6.07, 6.45) is 4.20. The van der Waals surface area contributed by atoms with E-state index in [1.165, 1.54) is 5.56 Å². The Labute approximate surface area is 130 Å². The van der Waals surface area contributed by atoms with Crippen LogP contribution in [0.2, 0.25) is 5.02 Å². The molecule has 4 nitrogen and oxygen atoms in total. The number of epoxide rings is 1. The van der Waals surface area contributed by atoms with Crippen molar-refractivity contribution in [2.24, 2.45) is 5.41 Å². The molecule has 2 heterocycles. The molecule has 0 aliphatic carbocycles. The Kier molecular flexibility index (Phi) is 3.54. The van der Waals surface area contributed by atoms with E-state index in [4.69, 9.17) is 16.3 Å². The van der Waals surface area contributed by atoms with Crippen molar-refractivity contribution >= 4 is 11.6 Å². The summed E-state index contributed by atoms with van der Waals surface area (Å²) in [5, 5.41) is 5.10. The van der Waals surface area contributed by atoms with E-state index >= 15 is 0 Å². The highest BCUT2D eigenvalue weighted by molar-refractivity contribution is 6.30. The minimum Gasteiger partial charge on any atom is -0.367 e. The van der Waals surface area contributed by atoms with Crippen LogP contribution in [0, 0.1) is 5.41 Å². The molecule has 0 amide bonds. The van der Waals surface area contributed by atoms with Crippen molar-refractivity contribution in [2.45, 2.75) is 38.8 Å². The Bertz CT molecular complexity index is 597. The third kappa shape index (κ3) is 2.70. The first-order valence-corrected chi connectivity index (χ1v) is 7.53. The first-order valence-electron chi connectivity index (χ1n) is 7.15. The largest absolute Gasteiger partial charge is 0.367 e. The van der Waals surface area contributed by atoms with Crippen molar-refractivity contribution in [3.63, 3.8) is 0 Å². The molecule has 5 heteroatoms. The van der Waals surface area contributed by atoms with Gasteiger partial charge in [-0.25, -0.2) is 9.67 Å². The number of halogens is 1. The first kappa shape index (κ1) is 14.5. The number of hydrogen-bond acceptors (Lipinski definition) is 3. The van der Waals surface area contributed by atoms with E-state index in [1.807, 2.05) is 16.8 Å². The van der Waals surface area contributed by atoms with Gasteiger partial charge >= 0.3 is 0 Å². The fourth-order valence-electron chi connectivity index (χ4n) is 2.90. The lowest BCUT2D eigenvalue weighted by molar-refractivity contribution is 0.0893. The maximum Gasteiger partial charge on any atom is 0.137 e. The Hall–Kier alpha value is -1.39. The molecule has 0 N–H and O–H groups in total. The van der Waals surface area contributed by atoms with E-state index in [2.05, 4.69) is 43.0 Å². The van der Waals surface area contributed by atoms with E-state index in [0.29, 0.717) is 0 Å². The third-order valence-corrected chi connectivity index (χ3v) is 4.61. The van der Waals surface area contributed by atoms with E-state index in [9.17, 15) is 0 Å². The van der Waals surface area contributed by atoms with Gasteiger partial charge < -0.3 is 4.74 Å². The maximum absolute atomic E-state index is 5.97. The Morgan fingerprint density at radius 3 is 2.48 bits per heavy atom. The van der Waals surface area contributed by atoms with Crippen LogP contribution in [0.4, 0.5) is 0 Å². The van der Waals surface area contributed by atoms with Crippen LogP contribution in [0.25, 0.3) is 0 Å². The number of rotatable bonds is 4. The molecular formula is C16H20ClN3O. The molecular weight excluding hydrogens is 286 g/mol. The van der Waals surface area contributed by atoms with Crippen LogP contribution in [0.1, 0.15) is 32.4 Å². The Balaban J connectivity index is 1.93. The highest BCUT2D eigenvalue weighted by Gasteiger charge is 2.60. The van der Waals surface area contributed by atoms with Gasteiger partial charge in [0.25, 0.3) is 0 Å². The predicted octanol–water partition coefficient (Wildman–Crippen LogP) is 3.53. The minimum atomic E-state index is -0.194. The molecule has 1 aromatic heterocycles. The summed E-state index contributed by atoms with van der Waals surface area (Å²) in [6.45, 7) is 7.40. The van der Waals surface area contributed by atoms with Gasteiger partial charge in [-0.15, -0.1) is 0 Å². The molecule has 1 aliphatic rings. The highest BCUT2D eigenvalue weighted by atomic mass is 35.5. The summed E-state index contributed by atoms with van der Waals surface area (Å²) in [5.74, 6) is 0. The fourth-order valence-corrected chi connectivity index (χ4v) is 3.02. The van der Waals surface area contributed by atoms with Crippen molar-refractivity contribution in [1.82, 2.24) is 14.8 Å². The number of ether oxygens (including phenoxy) is 1. The van der Waals surface area contributed by atoms with Gasteiger partial charge in [0.2, 0.25) is 0 Å². The summed E-state index contributed by atoms with van der Waals surface area (Å²) >= 11 is 5.97. The molecule has 2 atom stereocenters. The smallest absolute Gasteiger partial charge is 0.137 e. The molecule has 3 rings (SSSR count). The van der Waals surface area contributed by atoms with Gasteiger partial charge in [-0.2, -0.15) is 5.10 Å². The standard InChI is InChI=1S/C16H20ClN3O/c1-15(2,3)16(9-21-16)14(20-11-18-10-19-20)8-12-4-6-13(17)7-5-12/h4-7,10-11,14H,8-9H2,1-3H3. The second-order valence-electron chi connectivity index (χ2n) is 6.65. The molecule has 2 unspecified atom stereocenters. The van der Waals surface area contributed by atoms with Crippen molar-refractivity contribution in [3.8, 4) is 0 Å². The second kappa shape index (κ2) is 5.11. The van der Waals surface area contributed by atoms with Crippen LogP contribution < -0.4 is 0 Å². The lowest BCUT2D eigenvalue weighted by Crippen LogP contribution is -2.40. The normalized spacial score (nSPS) is 23.0. The molecule has 1 saturated heterocycles. The molecule has 112 valence electrons. The maximum atomic E-state index is 5.97. The van der Waals surface area contributed by atoms with Gasteiger partial charge in [-0.3, -0.25) is 0 Å². The molecule has 1 aromatic carbocycles. The zero-order valence-corrected chi connectivity index (χ0v) is 13.3. The van der Waals surface area contributed by atoms with Gasteiger partial charge in [0, 0.05) is 5.02 Å². The highest BCUT2D eigenvalue weighted by Crippen LogP contribution is 2.52. The quantitative estimate of drug-likeness (QED) is 0.812. The average molecular weight is 306 g/mol. The predicted molar refractivity (Wildman–Crippen MR) is 82.4 cm³/mol. The second-order valence-corrected chi connectivity index (χ2v) is 7.09. The van der Waals surface area contributed by atoms with Crippen molar-refractivity contribution < 1.29 is 4.74 Å². The third-order valence-electron chi connectivity index (χ3n) is 4.36. The van der Waals surface area contributed by atoms with E-state index in [-0.39, 0.29) is 17.1 Å². The zero-order valence-electron chi connectivity index (χ0n) is 12.6. The summed E-state index contributed by atoms with van der Waals surface area (Å²) in [6, 6.07) is 8.09. The van der Waals surface area contributed by atoms with E-state index in [0.717, 1.165) is 18.1 Å². The van der Waals surface area contributed by atoms with Crippen LogP contribution in [0.5, 0.6) is 0 Å². The first-order chi connectivity index (χ1) is 9.92. The van der Waals surface area contributed by atoms with Crippen LogP contribution in [0.15, 0.2) is 36.9 Å². The molecule has 2 aromatic rings. The molecule has 21 heavy (non-hydrogen) atoms. The molecule has 0 bridgehead atoms. The molecule has 0 spiro atoms. The van der Waals surface area contributed by atoms with E-state index < -0.39 is 0 Å². The van der Waals surface area contributed by atoms with Crippen LogP contribution >= 0.6 is 11.6 Å². The lowest BCUT2D eigenvalue weighted by atomic mass is 9.74. The van der Waals surface area contributed by atoms with Crippen molar-refractivity contribution in [2.75, 3.05) is 6.61 Å². The number of nitrogens with zero attached hydrogens (tertiary/aromatic N) is 3. The molecule has 0 radical (unpaired) electrons. The summed E-state index contributed by atoms with van der Waals surface area (Å²) in [4.78, 5) is 4.10. The van der Waals surface area contributed by atoms with Gasteiger partial charge in [0.05, 0.1) is 12.6 Å². The zero-order chi connectivity index (χ0) is 15.1. The molecule has 1 aliphatic heterocycles. The van der Waals surface area contributed by atoms with E-state index in [1.54, 1.807) is 12.7 Å². The fraction of sp³-hybridized carbons (Fsp3) is 0.500. The van der Waals surface area contributed by atoms with Crippen molar-refractivity contribution in [3.05, 3.63) is 47.5 Å². The van der Waals surface area contributed by atoms with Crippen molar-refractivity contribution in [1.29, 1.82) is 0 Å². The molecule has 0 saturated carbocycles. The monoisotopic (exact) mass is 305 g/mol. The van der Waals surface area contributed by atoms with Crippen LogP contribution in [-0.4, -0.2) is 27.0 Å². The average Bonchev–Trinajstić information content (AvgIpc) is 3.07. The van der Waals surface area contributed by atoms with Gasteiger partial charge in [-0.05, 0) is 29.5 Å². The number of benzene rings is 1. The lowest BCUT2D eigenvalue weighted by Gasteiger charge is -2.34. The minimum absolute atomic E-state index is 0.0377. The summed E-state index contributed by atoms with van der Waals surface area (Å²) in [7, 11) is 0.